The van der Waals surface area contributed by atoms with Crippen LogP contribution in [-0.4, -0.2) is 35.2 Å². The quantitative estimate of drug-likeness (QED) is 0.555. The molecule has 0 saturated carbocycles. The van der Waals surface area contributed by atoms with Gasteiger partial charge in [0, 0.05) is 6.54 Å². The first kappa shape index (κ1) is 21.7. The Balaban J connectivity index is 0.00000280. The predicted octanol–water partition coefficient (Wildman–Crippen LogP) is 3.04. The van der Waals surface area contributed by atoms with Crippen molar-refractivity contribution in [1.82, 2.24) is 15.0 Å². The van der Waals surface area contributed by atoms with Gasteiger partial charge >= 0.3 is 0 Å². The number of hydrogen-bond acceptors (Lipinski definition) is 7. The van der Waals surface area contributed by atoms with Crippen molar-refractivity contribution in [3.63, 3.8) is 0 Å². The summed E-state index contributed by atoms with van der Waals surface area (Å²) in [4.78, 5) is 6.24. The van der Waals surface area contributed by atoms with Gasteiger partial charge in [0.1, 0.15) is 24.7 Å². The van der Waals surface area contributed by atoms with E-state index in [9.17, 15) is 0 Å². The highest BCUT2D eigenvalue weighted by atomic mass is 35.5. The van der Waals surface area contributed by atoms with E-state index < -0.39 is 0 Å². The van der Waals surface area contributed by atoms with Crippen LogP contribution in [-0.2, 0) is 19.7 Å². The van der Waals surface area contributed by atoms with Crippen LogP contribution in [0.15, 0.2) is 59.1 Å². The second-order valence-electron chi connectivity index (χ2n) is 6.14. The highest BCUT2D eigenvalue weighted by molar-refractivity contribution is 5.85. The van der Waals surface area contributed by atoms with Gasteiger partial charge in [-0.25, -0.2) is 0 Å². The third kappa shape index (κ3) is 6.84. The summed E-state index contributed by atoms with van der Waals surface area (Å²) in [7, 11) is 1.97. The summed E-state index contributed by atoms with van der Waals surface area (Å²) in [5.41, 5.74) is 6.60. The lowest BCUT2D eigenvalue weighted by Gasteiger charge is -2.15. The molecule has 0 aliphatic heterocycles. The van der Waals surface area contributed by atoms with E-state index in [4.69, 9.17) is 19.7 Å². The average molecular weight is 405 g/mol. The minimum atomic E-state index is 0. The zero-order valence-corrected chi connectivity index (χ0v) is 16.6. The first-order valence-corrected chi connectivity index (χ1v) is 8.82. The first-order chi connectivity index (χ1) is 13.2. The van der Waals surface area contributed by atoms with Gasteiger partial charge in [0.2, 0.25) is 5.89 Å². The van der Waals surface area contributed by atoms with E-state index >= 15 is 0 Å². The molecule has 2 aromatic carbocycles. The Hall–Kier alpha value is -2.61. The van der Waals surface area contributed by atoms with Crippen LogP contribution >= 0.6 is 12.4 Å². The minimum absolute atomic E-state index is 0. The van der Waals surface area contributed by atoms with Crippen LogP contribution in [0.1, 0.15) is 17.3 Å². The van der Waals surface area contributed by atoms with Gasteiger partial charge in [0.25, 0.3) is 0 Å². The lowest BCUT2D eigenvalue weighted by Crippen LogP contribution is -2.24. The lowest BCUT2D eigenvalue weighted by molar-refractivity contribution is 0.227. The zero-order valence-electron chi connectivity index (χ0n) is 15.8. The molecule has 1 heterocycles. The minimum Gasteiger partial charge on any atom is -0.492 e. The van der Waals surface area contributed by atoms with Crippen LogP contribution < -0.4 is 15.2 Å². The summed E-state index contributed by atoms with van der Waals surface area (Å²) >= 11 is 0. The Kier molecular flexibility index (Phi) is 8.74. The summed E-state index contributed by atoms with van der Waals surface area (Å²) < 4.78 is 16.5. The van der Waals surface area contributed by atoms with Gasteiger partial charge < -0.3 is 19.7 Å². The molecule has 8 heteroatoms. The van der Waals surface area contributed by atoms with Gasteiger partial charge in [-0.3, -0.25) is 4.90 Å². The number of rotatable bonds is 10. The van der Waals surface area contributed by atoms with E-state index in [-0.39, 0.29) is 19.0 Å². The molecule has 3 aromatic rings. The average Bonchev–Trinajstić information content (AvgIpc) is 3.15. The van der Waals surface area contributed by atoms with Crippen molar-refractivity contribution < 1.29 is 14.0 Å². The Labute approximate surface area is 170 Å². The SMILES string of the molecule is CN(CCOc1ccc(OCc2ccccc2)cc1)Cc1noc(CN)n1.Cl. The van der Waals surface area contributed by atoms with Gasteiger partial charge in [0.15, 0.2) is 5.82 Å². The fourth-order valence-corrected chi connectivity index (χ4v) is 2.45. The fraction of sp³-hybridized carbons (Fsp3) is 0.300. The molecule has 0 fully saturated rings. The zero-order chi connectivity index (χ0) is 18.9. The van der Waals surface area contributed by atoms with Crippen molar-refractivity contribution in [2.24, 2.45) is 5.73 Å². The smallest absolute Gasteiger partial charge is 0.240 e. The second-order valence-corrected chi connectivity index (χ2v) is 6.14. The number of nitrogens with two attached hydrogens (primary N) is 1. The largest absolute Gasteiger partial charge is 0.492 e. The molecule has 0 aliphatic rings. The summed E-state index contributed by atoms with van der Waals surface area (Å²) in [6.45, 7) is 2.68. The van der Waals surface area contributed by atoms with Gasteiger partial charge in [-0.05, 0) is 36.9 Å². The predicted molar refractivity (Wildman–Crippen MR) is 108 cm³/mol. The molecule has 2 N–H and O–H groups in total. The molecule has 0 unspecified atom stereocenters. The number of ether oxygens (including phenoxy) is 2. The highest BCUT2D eigenvalue weighted by Crippen LogP contribution is 2.18. The van der Waals surface area contributed by atoms with Crippen LogP contribution in [0.3, 0.4) is 0 Å². The lowest BCUT2D eigenvalue weighted by atomic mass is 10.2. The number of nitrogens with zero attached hydrogens (tertiary/aromatic N) is 3. The molecule has 0 aliphatic carbocycles. The van der Waals surface area contributed by atoms with Crippen LogP contribution in [0.25, 0.3) is 0 Å². The highest BCUT2D eigenvalue weighted by Gasteiger charge is 2.08. The Bertz CT molecular complexity index is 812. The normalized spacial score (nSPS) is 10.5. The van der Waals surface area contributed by atoms with Crippen LogP contribution in [0.2, 0.25) is 0 Å². The Morgan fingerprint density at radius 1 is 1.00 bits per heavy atom. The molecule has 3 rings (SSSR count). The number of benzene rings is 2. The second kappa shape index (κ2) is 11.3. The molecule has 0 atom stereocenters. The van der Waals surface area contributed by atoms with E-state index in [1.54, 1.807) is 0 Å². The van der Waals surface area contributed by atoms with E-state index in [0.29, 0.717) is 31.5 Å². The molecule has 0 amide bonds. The molecule has 0 radical (unpaired) electrons. The molecule has 0 bridgehead atoms. The van der Waals surface area contributed by atoms with E-state index in [0.717, 1.165) is 23.6 Å². The van der Waals surface area contributed by atoms with Crippen molar-refractivity contribution in [3.05, 3.63) is 71.9 Å². The summed E-state index contributed by atoms with van der Waals surface area (Å²) in [6.07, 6.45) is 0. The molecular weight excluding hydrogens is 380 g/mol. The van der Waals surface area contributed by atoms with Crippen molar-refractivity contribution in [2.45, 2.75) is 19.7 Å². The van der Waals surface area contributed by atoms with E-state index in [1.165, 1.54) is 0 Å². The fourth-order valence-electron chi connectivity index (χ4n) is 2.45. The van der Waals surface area contributed by atoms with Gasteiger partial charge in [-0.1, -0.05) is 35.5 Å². The number of aromatic nitrogens is 2. The molecule has 1 aromatic heterocycles. The summed E-state index contributed by atoms with van der Waals surface area (Å²) in [5, 5.41) is 3.88. The first-order valence-electron chi connectivity index (χ1n) is 8.82. The van der Waals surface area contributed by atoms with Crippen molar-refractivity contribution in [2.75, 3.05) is 20.2 Å². The molecule has 7 nitrogen and oxygen atoms in total. The van der Waals surface area contributed by atoms with Crippen molar-refractivity contribution in [1.29, 1.82) is 0 Å². The maximum Gasteiger partial charge on any atom is 0.240 e. The van der Waals surface area contributed by atoms with Crippen LogP contribution in [0, 0.1) is 0 Å². The standard InChI is InChI=1S/C20H24N4O3.ClH/c1-24(14-19-22-20(13-21)27-23-19)11-12-25-17-7-9-18(10-8-17)26-15-16-5-3-2-4-6-16;/h2-10H,11-15,21H2,1H3;1H. The molecule has 0 spiro atoms. The molecule has 28 heavy (non-hydrogen) atoms. The van der Waals surface area contributed by atoms with Gasteiger partial charge in [0.05, 0.1) is 13.1 Å². The number of hydrogen-bond donors (Lipinski definition) is 1. The monoisotopic (exact) mass is 404 g/mol. The van der Waals surface area contributed by atoms with Crippen LogP contribution in [0.5, 0.6) is 11.5 Å². The maximum atomic E-state index is 5.78. The topological polar surface area (TPSA) is 86.6 Å². The molecule has 150 valence electrons. The van der Waals surface area contributed by atoms with Gasteiger partial charge in [-0.2, -0.15) is 4.98 Å². The Morgan fingerprint density at radius 2 is 1.68 bits per heavy atom. The molecule has 0 saturated heterocycles. The van der Waals surface area contributed by atoms with E-state index in [2.05, 4.69) is 15.0 Å². The molecular formula is C20H25ClN4O3. The third-order valence-corrected chi connectivity index (χ3v) is 3.91. The number of halogens is 1. The van der Waals surface area contributed by atoms with E-state index in [1.807, 2.05) is 61.6 Å². The van der Waals surface area contributed by atoms with Crippen molar-refractivity contribution >= 4 is 12.4 Å². The van der Waals surface area contributed by atoms with Gasteiger partial charge in [-0.15, -0.1) is 12.4 Å². The maximum absolute atomic E-state index is 5.78. The number of likely N-dealkylation sites (N-methyl/N-ethyl adjacent to an activating group) is 1. The summed E-state index contributed by atoms with van der Waals surface area (Å²) in [5.74, 6) is 2.69. The summed E-state index contributed by atoms with van der Waals surface area (Å²) in [6, 6.07) is 17.7. The van der Waals surface area contributed by atoms with Crippen LogP contribution in [0.4, 0.5) is 0 Å². The van der Waals surface area contributed by atoms with Crippen molar-refractivity contribution in [3.8, 4) is 11.5 Å². The Morgan fingerprint density at radius 3 is 2.32 bits per heavy atom. The third-order valence-electron chi connectivity index (χ3n) is 3.91.